The van der Waals surface area contributed by atoms with E-state index in [9.17, 15) is 9.59 Å². The van der Waals surface area contributed by atoms with E-state index in [0.29, 0.717) is 11.9 Å². The van der Waals surface area contributed by atoms with E-state index in [1.807, 2.05) is 4.90 Å². The summed E-state index contributed by atoms with van der Waals surface area (Å²) in [5.74, 6) is 0.307. The van der Waals surface area contributed by atoms with Crippen LogP contribution in [0.4, 0.5) is 5.82 Å². The number of H-pyrrole nitrogens is 2. The van der Waals surface area contributed by atoms with E-state index in [1.165, 1.54) is 0 Å². The van der Waals surface area contributed by atoms with Gasteiger partial charge in [-0.05, 0) is 12.8 Å². The van der Waals surface area contributed by atoms with Crippen molar-refractivity contribution in [3.63, 3.8) is 0 Å². The molecule has 1 aromatic rings. The Bertz CT molecular complexity index is 509. The van der Waals surface area contributed by atoms with E-state index < -0.39 is 11.2 Å². The summed E-state index contributed by atoms with van der Waals surface area (Å²) in [5, 5.41) is 9.62. The van der Waals surface area contributed by atoms with Crippen molar-refractivity contribution in [3.8, 4) is 0 Å². The number of nitrogens with one attached hydrogen (secondary N) is 3. The summed E-state index contributed by atoms with van der Waals surface area (Å²) in [6.45, 7) is 5.74. The number of anilines is 1. The maximum Gasteiger partial charge on any atom is 0.342 e. The van der Waals surface area contributed by atoms with E-state index in [2.05, 4.69) is 34.3 Å². The highest BCUT2D eigenvalue weighted by molar-refractivity contribution is 5.37. The number of rotatable bonds is 3. The highest BCUT2D eigenvalue weighted by Gasteiger charge is 2.28. The average Bonchev–Trinajstić information content (AvgIpc) is 2.38. The van der Waals surface area contributed by atoms with E-state index in [-0.39, 0.29) is 6.04 Å². The predicted molar refractivity (Wildman–Crippen MR) is 69.0 cm³/mol. The molecule has 0 aliphatic carbocycles. The summed E-state index contributed by atoms with van der Waals surface area (Å²) in [7, 11) is 0. The second kappa shape index (κ2) is 5.34. The van der Waals surface area contributed by atoms with Gasteiger partial charge in [-0.25, -0.2) is 9.89 Å². The molecule has 7 heteroatoms. The minimum absolute atomic E-state index is 0.229. The normalized spacial score (nSPS) is 24.2. The number of hydrogen-bond donors (Lipinski definition) is 3. The first-order chi connectivity index (χ1) is 8.65. The Kier molecular flexibility index (Phi) is 3.81. The van der Waals surface area contributed by atoms with Crippen molar-refractivity contribution < 1.29 is 0 Å². The lowest BCUT2D eigenvalue weighted by atomic mass is 10.1. The van der Waals surface area contributed by atoms with Crippen LogP contribution in [-0.4, -0.2) is 40.4 Å². The molecule has 100 valence electrons. The molecule has 18 heavy (non-hydrogen) atoms. The Labute approximate surface area is 105 Å². The Hall–Kier alpha value is -1.63. The Morgan fingerprint density at radius 2 is 2.11 bits per heavy atom. The Balaban J connectivity index is 2.32. The second-order valence-corrected chi connectivity index (χ2v) is 4.56. The van der Waals surface area contributed by atoms with Gasteiger partial charge in [-0.3, -0.25) is 9.78 Å². The molecular weight excluding hydrogens is 234 g/mol. The van der Waals surface area contributed by atoms with Gasteiger partial charge in [-0.2, -0.15) is 0 Å². The monoisotopic (exact) mass is 253 g/mol. The number of nitrogens with zero attached hydrogens (tertiary/aromatic N) is 2. The molecular formula is C11H19N5O2. The van der Waals surface area contributed by atoms with E-state index in [1.54, 1.807) is 0 Å². The third kappa shape index (κ3) is 2.45. The highest BCUT2D eigenvalue weighted by Crippen LogP contribution is 2.15. The number of aromatic amines is 2. The fourth-order valence-corrected chi connectivity index (χ4v) is 2.30. The Morgan fingerprint density at radius 1 is 1.33 bits per heavy atom. The van der Waals surface area contributed by atoms with Crippen molar-refractivity contribution >= 4 is 5.82 Å². The van der Waals surface area contributed by atoms with Crippen LogP contribution in [0.5, 0.6) is 0 Å². The van der Waals surface area contributed by atoms with Crippen LogP contribution in [0, 0.1) is 0 Å². The highest BCUT2D eigenvalue weighted by atomic mass is 16.2. The lowest BCUT2D eigenvalue weighted by Gasteiger charge is -2.39. The molecule has 1 fully saturated rings. The topological polar surface area (TPSA) is 93.9 Å². The summed E-state index contributed by atoms with van der Waals surface area (Å²) >= 11 is 0. The van der Waals surface area contributed by atoms with Gasteiger partial charge in [0.05, 0.1) is 0 Å². The second-order valence-electron chi connectivity index (χ2n) is 4.56. The minimum Gasteiger partial charge on any atom is -0.345 e. The zero-order chi connectivity index (χ0) is 13.1. The third-order valence-corrected chi connectivity index (χ3v) is 3.43. The number of hydrogen-bond acceptors (Lipinski definition) is 5. The fraction of sp³-hybridized carbons (Fsp3) is 0.727. The molecule has 2 rings (SSSR count). The Morgan fingerprint density at radius 3 is 2.72 bits per heavy atom. The van der Waals surface area contributed by atoms with E-state index in [0.717, 1.165) is 25.9 Å². The third-order valence-electron chi connectivity index (χ3n) is 3.43. The molecule has 0 saturated carbocycles. The maximum atomic E-state index is 11.8. The van der Waals surface area contributed by atoms with Gasteiger partial charge in [-0.1, -0.05) is 13.8 Å². The number of aromatic nitrogens is 3. The first-order valence-corrected chi connectivity index (χ1v) is 6.34. The van der Waals surface area contributed by atoms with Crippen LogP contribution in [-0.2, 0) is 0 Å². The molecule has 1 saturated heterocycles. The van der Waals surface area contributed by atoms with Crippen molar-refractivity contribution in [1.82, 2.24) is 20.5 Å². The summed E-state index contributed by atoms with van der Waals surface area (Å²) in [4.78, 5) is 27.0. The van der Waals surface area contributed by atoms with Crippen molar-refractivity contribution in [1.29, 1.82) is 0 Å². The molecule has 0 spiro atoms. The molecule has 2 unspecified atom stereocenters. The van der Waals surface area contributed by atoms with Crippen molar-refractivity contribution in [2.24, 2.45) is 0 Å². The molecule has 1 aliphatic rings. The van der Waals surface area contributed by atoms with Gasteiger partial charge in [0.2, 0.25) is 5.82 Å². The van der Waals surface area contributed by atoms with Gasteiger partial charge in [0, 0.05) is 25.2 Å². The summed E-state index contributed by atoms with van der Waals surface area (Å²) in [5.41, 5.74) is -0.993. The van der Waals surface area contributed by atoms with Crippen LogP contribution in [0.25, 0.3) is 0 Å². The van der Waals surface area contributed by atoms with Crippen LogP contribution in [0.3, 0.4) is 0 Å². The van der Waals surface area contributed by atoms with Crippen LogP contribution < -0.4 is 21.5 Å². The predicted octanol–water partition coefficient (Wildman–Crippen LogP) is -0.575. The van der Waals surface area contributed by atoms with E-state index >= 15 is 0 Å². The van der Waals surface area contributed by atoms with Gasteiger partial charge in [0.25, 0.3) is 5.56 Å². The van der Waals surface area contributed by atoms with Gasteiger partial charge >= 0.3 is 5.69 Å². The smallest absolute Gasteiger partial charge is 0.342 e. The molecule has 0 bridgehead atoms. The largest absolute Gasteiger partial charge is 0.345 e. The van der Waals surface area contributed by atoms with Crippen LogP contribution in [0.2, 0.25) is 0 Å². The van der Waals surface area contributed by atoms with E-state index in [4.69, 9.17) is 0 Å². The molecule has 2 heterocycles. The summed E-state index contributed by atoms with van der Waals surface area (Å²) < 4.78 is 0. The van der Waals surface area contributed by atoms with Crippen molar-refractivity contribution in [3.05, 3.63) is 20.8 Å². The molecule has 0 aromatic carbocycles. The van der Waals surface area contributed by atoms with Crippen LogP contribution in [0.1, 0.15) is 26.7 Å². The first-order valence-electron chi connectivity index (χ1n) is 6.34. The van der Waals surface area contributed by atoms with Crippen molar-refractivity contribution in [2.45, 2.75) is 38.8 Å². The van der Waals surface area contributed by atoms with Crippen LogP contribution in [0.15, 0.2) is 9.59 Å². The molecule has 2 atom stereocenters. The summed E-state index contributed by atoms with van der Waals surface area (Å²) in [6.07, 6.45) is 1.91. The minimum atomic E-state index is -0.570. The molecule has 1 aliphatic heterocycles. The van der Waals surface area contributed by atoms with Gasteiger partial charge in [-0.15, -0.1) is 5.10 Å². The molecule has 0 radical (unpaired) electrons. The van der Waals surface area contributed by atoms with Gasteiger partial charge in [0.15, 0.2) is 0 Å². The molecule has 1 aromatic heterocycles. The SMILES string of the molecule is CCC1CN(c2n[nH]c(=O)[nH]c2=O)C(CC)CN1. The average molecular weight is 253 g/mol. The lowest BCUT2D eigenvalue weighted by Crippen LogP contribution is -2.58. The zero-order valence-electron chi connectivity index (χ0n) is 10.7. The van der Waals surface area contributed by atoms with Gasteiger partial charge in [0.1, 0.15) is 0 Å². The fourth-order valence-electron chi connectivity index (χ4n) is 2.30. The lowest BCUT2D eigenvalue weighted by molar-refractivity contribution is 0.375. The summed E-state index contributed by atoms with van der Waals surface area (Å²) in [6, 6.07) is 0.577. The van der Waals surface area contributed by atoms with Gasteiger partial charge < -0.3 is 10.2 Å². The van der Waals surface area contributed by atoms with Crippen molar-refractivity contribution in [2.75, 3.05) is 18.0 Å². The maximum absolute atomic E-state index is 11.8. The molecule has 0 amide bonds. The molecule has 3 N–H and O–H groups in total. The zero-order valence-corrected chi connectivity index (χ0v) is 10.7. The first kappa shape index (κ1) is 12.8. The van der Waals surface area contributed by atoms with Crippen LogP contribution >= 0.6 is 0 Å². The number of piperazine rings is 1. The standard InChI is InChI=1S/C11H19N5O2/c1-3-7-6-16(8(4-2)5-12-7)9-10(17)13-11(18)15-14-9/h7-8,12H,3-6H2,1-2H3,(H2,13,15,17,18). The quantitative estimate of drug-likeness (QED) is 0.670. The molecule has 7 nitrogen and oxygen atoms in total.